The van der Waals surface area contributed by atoms with Crippen LogP contribution in [0.4, 0.5) is 0 Å². The molecule has 8 heteroatoms. The Morgan fingerprint density at radius 1 is 1.20 bits per heavy atom. The van der Waals surface area contributed by atoms with Gasteiger partial charge in [-0.1, -0.05) is 0 Å². The number of ether oxygens (including phenoxy) is 1. The number of aryl methyl sites for hydroxylation is 1. The summed E-state index contributed by atoms with van der Waals surface area (Å²) in [6.45, 7) is 2.35. The third kappa shape index (κ3) is 6.52. The third-order valence-corrected chi connectivity index (χ3v) is 7.08. The summed E-state index contributed by atoms with van der Waals surface area (Å²) >= 11 is 0. The van der Waals surface area contributed by atoms with Crippen molar-refractivity contribution in [3.05, 3.63) is 60.3 Å². The first-order valence-corrected chi connectivity index (χ1v) is 12.4. The number of hydrogen-bond acceptors (Lipinski definition) is 7. The van der Waals surface area contributed by atoms with Crippen molar-refractivity contribution in [1.82, 2.24) is 19.9 Å². The molecule has 0 amide bonds. The van der Waals surface area contributed by atoms with Crippen LogP contribution >= 0.6 is 0 Å². The Balaban J connectivity index is 1.30. The maximum absolute atomic E-state index is 12.1. The van der Waals surface area contributed by atoms with Crippen LogP contribution in [0, 0.1) is 11.8 Å². The number of likely N-dealkylation sites (tertiary alicyclic amines) is 1. The van der Waals surface area contributed by atoms with E-state index < -0.39 is 18.0 Å². The van der Waals surface area contributed by atoms with Gasteiger partial charge in [-0.2, -0.15) is 0 Å². The molecular weight excluding hydrogens is 444 g/mol. The Hall–Kier alpha value is -3.10. The number of hydrogen-bond donors (Lipinski definition) is 2. The molecule has 2 aromatic heterocycles. The number of fused-ring (bicyclic) bond motifs is 1. The number of aliphatic hydroxyl groups is 1. The summed E-state index contributed by atoms with van der Waals surface area (Å²) in [6.07, 6.45) is 11.1. The van der Waals surface area contributed by atoms with Crippen LogP contribution in [0.25, 0.3) is 10.9 Å². The average molecular weight is 479 g/mol. The summed E-state index contributed by atoms with van der Waals surface area (Å²) in [7, 11) is 1.62. The number of pyridine rings is 1. The van der Waals surface area contributed by atoms with E-state index in [0.29, 0.717) is 25.1 Å². The standard InChI is InChI=1S/C27H34N4O4/c1-35-21-6-7-25-23(16-21)22(9-11-30-25)26(32)8-5-19-10-15-31(18-24(19)27(33)34)14-3-2-4-20-17-28-12-13-29-20/h6-7,9,11-13,16-17,19,24,26,32H,2-5,8,10,14-15,18H2,1H3,(H,33,34)/t19-,24+,26?/m1/s1. The summed E-state index contributed by atoms with van der Waals surface area (Å²) in [5.74, 6) is -0.382. The zero-order chi connectivity index (χ0) is 24.6. The van der Waals surface area contributed by atoms with Crippen LogP contribution in [-0.4, -0.2) is 62.8 Å². The molecule has 3 aromatic rings. The van der Waals surface area contributed by atoms with Gasteiger partial charge in [0.2, 0.25) is 0 Å². The fourth-order valence-electron chi connectivity index (χ4n) is 5.09. The summed E-state index contributed by atoms with van der Waals surface area (Å²) in [4.78, 5) is 27.1. The average Bonchev–Trinajstić information content (AvgIpc) is 2.89. The van der Waals surface area contributed by atoms with Gasteiger partial charge in [-0.15, -0.1) is 0 Å². The smallest absolute Gasteiger partial charge is 0.308 e. The number of carboxylic acids is 1. The minimum Gasteiger partial charge on any atom is -0.497 e. The van der Waals surface area contributed by atoms with Crippen molar-refractivity contribution in [2.45, 2.75) is 44.6 Å². The molecule has 8 nitrogen and oxygen atoms in total. The van der Waals surface area contributed by atoms with E-state index in [1.807, 2.05) is 24.3 Å². The Kier molecular flexibility index (Phi) is 8.60. The van der Waals surface area contributed by atoms with Crippen molar-refractivity contribution in [2.24, 2.45) is 11.8 Å². The molecule has 0 saturated carbocycles. The number of aliphatic hydroxyl groups excluding tert-OH is 1. The number of rotatable bonds is 11. The van der Waals surface area contributed by atoms with Gasteiger partial charge >= 0.3 is 5.97 Å². The van der Waals surface area contributed by atoms with Crippen molar-refractivity contribution in [3.8, 4) is 5.75 Å². The van der Waals surface area contributed by atoms with Crippen LogP contribution in [0.5, 0.6) is 5.75 Å². The molecule has 3 atom stereocenters. The maximum Gasteiger partial charge on any atom is 0.308 e. The van der Waals surface area contributed by atoms with E-state index in [1.54, 1.807) is 31.9 Å². The van der Waals surface area contributed by atoms with Gasteiger partial charge in [0.25, 0.3) is 0 Å². The first kappa shape index (κ1) is 25.0. The summed E-state index contributed by atoms with van der Waals surface area (Å²) in [5.41, 5.74) is 2.60. The lowest BCUT2D eigenvalue weighted by Gasteiger charge is -2.37. The lowest BCUT2D eigenvalue weighted by atomic mass is 9.81. The molecule has 35 heavy (non-hydrogen) atoms. The van der Waals surface area contributed by atoms with Gasteiger partial charge in [-0.05, 0) is 87.4 Å². The molecule has 4 rings (SSSR count). The number of benzene rings is 1. The zero-order valence-corrected chi connectivity index (χ0v) is 20.2. The van der Waals surface area contributed by atoms with Crippen LogP contribution < -0.4 is 4.74 Å². The van der Waals surface area contributed by atoms with Gasteiger partial charge in [0.1, 0.15) is 5.75 Å². The molecule has 1 unspecified atom stereocenters. The fraction of sp³-hybridized carbons (Fsp3) is 0.481. The Bertz CT molecular complexity index is 1110. The van der Waals surface area contributed by atoms with E-state index in [4.69, 9.17) is 4.74 Å². The van der Waals surface area contributed by atoms with Gasteiger partial charge in [-0.25, -0.2) is 0 Å². The second-order valence-electron chi connectivity index (χ2n) is 9.32. The molecule has 1 aliphatic rings. The van der Waals surface area contributed by atoms with Gasteiger partial charge in [-0.3, -0.25) is 19.7 Å². The minimum absolute atomic E-state index is 0.0561. The quantitative estimate of drug-likeness (QED) is 0.400. The van der Waals surface area contributed by atoms with Crippen molar-refractivity contribution in [3.63, 3.8) is 0 Å². The highest BCUT2D eigenvalue weighted by atomic mass is 16.5. The lowest BCUT2D eigenvalue weighted by Crippen LogP contribution is -2.44. The molecule has 0 bridgehead atoms. The number of piperidine rings is 1. The molecule has 1 aromatic carbocycles. The number of carboxylic acid groups (broad SMARTS) is 1. The topological polar surface area (TPSA) is 109 Å². The Labute approximate surface area is 206 Å². The number of carbonyl (C=O) groups is 1. The largest absolute Gasteiger partial charge is 0.497 e. The predicted molar refractivity (Wildman–Crippen MR) is 133 cm³/mol. The minimum atomic E-state index is -0.743. The number of aromatic nitrogens is 3. The van der Waals surface area contributed by atoms with Gasteiger partial charge in [0.15, 0.2) is 0 Å². The molecule has 1 saturated heterocycles. The van der Waals surface area contributed by atoms with E-state index >= 15 is 0 Å². The molecule has 0 spiro atoms. The molecule has 0 aliphatic carbocycles. The normalized spacial score (nSPS) is 19.5. The second kappa shape index (κ2) is 12.0. The van der Waals surface area contributed by atoms with E-state index in [0.717, 1.165) is 60.9 Å². The highest BCUT2D eigenvalue weighted by molar-refractivity contribution is 5.83. The Morgan fingerprint density at radius 2 is 2.09 bits per heavy atom. The van der Waals surface area contributed by atoms with Crippen LogP contribution in [-0.2, 0) is 11.2 Å². The number of aliphatic carboxylic acids is 1. The highest BCUT2D eigenvalue weighted by Gasteiger charge is 2.34. The molecule has 186 valence electrons. The van der Waals surface area contributed by atoms with Gasteiger partial charge in [0.05, 0.1) is 30.3 Å². The summed E-state index contributed by atoms with van der Waals surface area (Å²) in [6, 6.07) is 7.47. The molecular formula is C27H34N4O4. The van der Waals surface area contributed by atoms with E-state index in [1.165, 1.54) is 0 Å². The summed E-state index contributed by atoms with van der Waals surface area (Å²) < 4.78 is 5.33. The molecule has 0 radical (unpaired) electrons. The van der Waals surface area contributed by atoms with Gasteiger partial charge < -0.3 is 19.8 Å². The predicted octanol–water partition coefficient (Wildman–Crippen LogP) is 3.89. The number of methoxy groups -OCH3 is 1. The molecule has 1 fully saturated rings. The highest BCUT2D eigenvalue weighted by Crippen LogP contribution is 2.33. The van der Waals surface area contributed by atoms with Crippen molar-refractivity contribution in [2.75, 3.05) is 26.7 Å². The fourth-order valence-corrected chi connectivity index (χ4v) is 5.09. The van der Waals surface area contributed by atoms with E-state index in [9.17, 15) is 15.0 Å². The summed E-state index contributed by atoms with van der Waals surface area (Å²) in [5, 5.41) is 21.8. The third-order valence-electron chi connectivity index (χ3n) is 7.08. The maximum atomic E-state index is 12.1. The van der Waals surface area contributed by atoms with Crippen LogP contribution in [0.2, 0.25) is 0 Å². The van der Waals surface area contributed by atoms with Crippen molar-refractivity contribution in [1.29, 1.82) is 0 Å². The molecule has 1 aliphatic heterocycles. The molecule has 3 heterocycles. The molecule has 2 N–H and O–H groups in total. The van der Waals surface area contributed by atoms with E-state index in [2.05, 4.69) is 19.9 Å². The second-order valence-corrected chi connectivity index (χ2v) is 9.32. The van der Waals surface area contributed by atoms with E-state index in [-0.39, 0.29) is 5.92 Å². The van der Waals surface area contributed by atoms with Crippen LogP contribution in [0.1, 0.15) is 49.5 Å². The van der Waals surface area contributed by atoms with Crippen LogP contribution in [0.15, 0.2) is 49.1 Å². The van der Waals surface area contributed by atoms with Crippen molar-refractivity contribution >= 4 is 16.9 Å². The number of nitrogens with zero attached hydrogens (tertiary/aromatic N) is 4. The van der Waals surface area contributed by atoms with Gasteiger partial charge in [0, 0.05) is 36.7 Å². The first-order chi connectivity index (χ1) is 17.0. The first-order valence-electron chi connectivity index (χ1n) is 12.4. The Morgan fingerprint density at radius 3 is 2.86 bits per heavy atom. The SMILES string of the molecule is COc1ccc2nccc(C(O)CC[C@@H]3CCN(CCCCc4cnccn4)C[C@@H]3C(=O)O)c2c1. The number of unbranched alkanes of at least 4 members (excludes halogenated alkanes) is 1. The van der Waals surface area contributed by atoms with Crippen LogP contribution in [0.3, 0.4) is 0 Å². The monoisotopic (exact) mass is 478 g/mol. The zero-order valence-electron chi connectivity index (χ0n) is 20.2. The van der Waals surface area contributed by atoms with Crippen molar-refractivity contribution < 1.29 is 19.7 Å². The lowest BCUT2D eigenvalue weighted by molar-refractivity contribution is -0.146.